The van der Waals surface area contributed by atoms with Gasteiger partial charge in [-0.1, -0.05) is 60.8 Å². The van der Waals surface area contributed by atoms with Crippen molar-refractivity contribution in [1.29, 1.82) is 5.26 Å². The van der Waals surface area contributed by atoms with Crippen molar-refractivity contribution in [2.45, 2.75) is 31.2 Å². The molecule has 26 heavy (non-hydrogen) atoms. The van der Waals surface area contributed by atoms with Crippen LogP contribution in [0.2, 0.25) is 5.02 Å². The molecule has 0 atom stereocenters. The average Bonchev–Trinajstić information content (AvgIpc) is 3.13. The van der Waals surface area contributed by atoms with E-state index in [1.165, 1.54) is 18.2 Å². The van der Waals surface area contributed by atoms with Gasteiger partial charge in [-0.05, 0) is 42.2 Å². The van der Waals surface area contributed by atoms with Crippen LogP contribution in [0.3, 0.4) is 0 Å². The van der Waals surface area contributed by atoms with Gasteiger partial charge in [0.15, 0.2) is 0 Å². The van der Waals surface area contributed by atoms with Crippen LogP contribution in [0.4, 0.5) is 4.39 Å². The third-order valence-electron chi connectivity index (χ3n) is 4.76. The Morgan fingerprint density at radius 3 is 2.50 bits per heavy atom. The van der Waals surface area contributed by atoms with Gasteiger partial charge in [-0.25, -0.2) is 4.39 Å². The van der Waals surface area contributed by atoms with E-state index in [0.29, 0.717) is 5.56 Å². The zero-order valence-electron chi connectivity index (χ0n) is 14.1. The van der Waals surface area contributed by atoms with Crippen LogP contribution in [0.5, 0.6) is 0 Å². The molecule has 0 saturated heterocycles. The van der Waals surface area contributed by atoms with Crippen LogP contribution in [0.25, 0.3) is 6.08 Å². The zero-order chi connectivity index (χ0) is 18.6. The lowest BCUT2D eigenvalue weighted by atomic mass is 9.87. The maximum atomic E-state index is 13.6. The lowest BCUT2D eigenvalue weighted by Crippen LogP contribution is -2.44. The Hall–Kier alpha value is -2.64. The summed E-state index contributed by atoms with van der Waals surface area (Å²) in [5.74, 6) is -1.04. The number of carbonyl (C=O) groups is 1. The number of rotatable bonds is 4. The second-order valence-electron chi connectivity index (χ2n) is 6.45. The van der Waals surface area contributed by atoms with Crippen molar-refractivity contribution in [3.63, 3.8) is 0 Å². The molecule has 1 fully saturated rings. The molecule has 5 heteroatoms. The van der Waals surface area contributed by atoms with Crippen molar-refractivity contribution in [3.05, 3.63) is 76.1 Å². The van der Waals surface area contributed by atoms with E-state index in [0.717, 1.165) is 31.2 Å². The molecule has 0 bridgehead atoms. The minimum Gasteiger partial charge on any atom is -0.342 e. The van der Waals surface area contributed by atoms with Gasteiger partial charge in [0.2, 0.25) is 0 Å². The maximum absolute atomic E-state index is 13.6. The lowest BCUT2D eigenvalue weighted by Gasteiger charge is -2.31. The predicted octanol–water partition coefficient (Wildman–Crippen LogP) is 4.97. The van der Waals surface area contributed by atoms with Gasteiger partial charge in [-0.2, -0.15) is 5.26 Å². The molecule has 0 heterocycles. The summed E-state index contributed by atoms with van der Waals surface area (Å²) in [5, 5.41) is 12.5. The molecule has 1 amide bonds. The second-order valence-corrected chi connectivity index (χ2v) is 6.86. The molecule has 1 N–H and O–H groups in total. The number of carbonyl (C=O) groups excluding carboxylic acids is 1. The molecular formula is C21H18ClFN2O. The fraction of sp³-hybridized carbons (Fsp3) is 0.238. The summed E-state index contributed by atoms with van der Waals surface area (Å²) >= 11 is 5.67. The number of hydrogen-bond donors (Lipinski definition) is 1. The van der Waals surface area contributed by atoms with E-state index < -0.39 is 17.3 Å². The Morgan fingerprint density at radius 1 is 1.19 bits per heavy atom. The van der Waals surface area contributed by atoms with E-state index in [-0.39, 0.29) is 10.6 Å². The van der Waals surface area contributed by atoms with E-state index >= 15 is 0 Å². The minimum absolute atomic E-state index is 0.000838. The van der Waals surface area contributed by atoms with E-state index in [4.69, 9.17) is 11.6 Å². The SMILES string of the molecule is N#C/C(=C\c1ccc(Cl)c(F)c1)C(=O)NC1(c2ccccc2)CCCC1. The monoisotopic (exact) mass is 368 g/mol. The van der Waals surface area contributed by atoms with Crippen LogP contribution in [0, 0.1) is 17.1 Å². The van der Waals surface area contributed by atoms with Crippen molar-refractivity contribution >= 4 is 23.6 Å². The zero-order valence-corrected chi connectivity index (χ0v) is 14.9. The van der Waals surface area contributed by atoms with Gasteiger partial charge in [0.1, 0.15) is 17.5 Å². The summed E-state index contributed by atoms with van der Waals surface area (Å²) in [6.45, 7) is 0. The molecule has 0 radical (unpaired) electrons. The third-order valence-corrected chi connectivity index (χ3v) is 5.06. The number of nitrogens with one attached hydrogen (secondary N) is 1. The number of nitrogens with zero attached hydrogens (tertiary/aromatic N) is 1. The molecule has 2 aromatic carbocycles. The Morgan fingerprint density at radius 2 is 1.88 bits per heavy atom. The smallest absolute Gasteiger partial charge is 0.262 e. The number of amides is 1. The summed E-state index contributed by atoms with van der Waals surface area (Å²) in [7, 11) is 0. The number of hydrogen-bond acceptors (Lipinski definition) is 2. The molecule has 1 aliphatic carbocycles. The fourth-order valence-corrected chi connectivity index (χ4v) is 3.54. The van der Waals surface area contributed by atoms with Crippen molar-refractivity contribution < 1.29 is 9.18 Å². The first kappa shape index (κ1) is 18.2. The Labute approximate surface area is 157 Å². The van der Waals surface area contributed by atoms with Gasteiger partial charge < -0.3 is 5.32 Å². The summed E-state index contributed by atoms with van der Waals surface area (Å²) < 4.78 is 13.6. The van der Waals surface area contributed by atoms with Gasteiger partial charge in [0.25, 0.3) is 5.91 Å². The second kappa shape index (κ2) is 7.72. The largest absolute Gasteiger partial charge is 0.342 e. The Bertz CT molecular complexity index is 881. The summed E-state index contributed by atoms with van der Waals surface area (Å²) in [6, 6.07) is 15.9. The molecule has 1 saturated carbocycles. The Balaban J connectivity index is 1.87. The van der Waals surface area contributed by atoms with Crippen molar-refractivity contribution in [3.8, 4) is 6.07 Å². The first-order chi connectivity index (χ1) is 12.5. The van der Waals surface area contributed by atoms with Crippen LogP contribution in [0.15, 0.2) is 54.1 Å². The number of halogens is 2. The molecular weight excluding hydrogens is 351 g/mol. The molecule has 3 nitrogen and oxygen atoms in total. The maximum Gasteiger partial charge on any atom is 0.262 e. The predicted molar refractivity (Wildman–Crippen MR) is 99.7 cm³/mol. The van der Waals surface area contributed by atoms with Gasteiger partial charge in [-0.3, -0.25) is 4.79 Å². The van der Waals surface area contributed by atoms with Gasteiger partial charge in [-0.15, -0.1) is 0 Å². The molecule has 0 aliphatic heterocycles. The molecule has 132 valence electrons. The molecule has 2 aromatic rings. The highest BCUT2D eigenvalue weighted by molar-refractivity contribution is 6.30. The van der Waals surface area contributed by atoms with E-state index in [2.05, 4.69) is 5.32 Å². The summed E-state index contributed by atoms with van der Waals surface area (Å²) in [6.07, 6.45) is 5.07. The minimum atomic E-state index is -0.588. The highest BCUT2D eigenvalue weighted by atomic mass is 35.5. The van der Waals surface area contributed by atoms with E-state index in [1.807, 2.05) is 36.4 Å². The topological polar surface area (TPSA) is 52.9 Å². The summed E-state index contributed by atoms with van der Waals surface area (Å²) in [5.41, 5.74) is 0.938. The van der Waals surface area contributed by atoms with Gasteiger partial charge in [0.05, 0.1) is 10.6 Å². The van der Waals surface area contributed by atoms with E-state index in [9.17, 15) is 14.4 Å². The molecule has 0 spiro atoms. The normalized spacial score (nSPS) is 16.1. The van der Waals surface area contributed by atoms with Crippen LogP contribution in [-0.2, 0) is 10.3 Å². The molecule has 1 aliphatic rings. The van der Waals surface area contributed by atoms with Crippen molar-refractivity contribution in [1.82, 2.24) is 5.32 Å². The Kier molecular flexibility index (Phi) is 5.39. The molecule has 3 rings (SSSR count). The third kappa shape index (κ3) is 3.79. The van der Waals surface area contributed by atoms with Gasteiger partial charge >= 0.3 is 0 Å². The van der Waals surface area contributed by atoms with Crippen LogP contribution in [-0.4, -0.2) is 5.91 Å². The molecule has 0 aromatic heterocycles. The quantitative estimate of drug-likeness (QED) is 0.611. The van der Waals surface area contributed by atoms with Crippen LogP contribution in [0.1, 0.15) is 36.8 Å². The number of benzene rings is 2. The average molecular weight is 369 g/mol. The molecule has 0 unspecified atom stereocenters. The van der Waals surface area contributed by atoms with Crippen molar-refractivity contribution in [2.24, 2.45) is 0 Å². The highest BCUT2D eigenvalue weighted by Gasteiger charge is 2.37. The first-order valence-corrected chi connectivity index (χ1v) is 8.87. The highest BCUT2D eigenvalue weighted by Crippen LogP contribution is 2.38. The van der Waals surface area contributed by atoms with E-state index in [1.54, 1.807) is 6.07 Å². The van der Waals surface area contributed by atoms with Gasteiger partial charge in [0, 0.05) is 0 Å². The van der Waals surface area contributed by atoms with Crippen LogP contribution >= 0.6 is 11.6 Å². The standard InChI is InChI=1S/C21H18ClFN2O/c22-18-9-8-15(13-19(18)23)12-16(14-24)20(26)25-21(10-4-5-11-21)17-6-2-1-3-7-17/h1-3,6-9,12-13H,4-5,10-11H2,(H,25,26)/b16-12+. The fourth-order valence-electron chi connectivity index (χ4n) is 3.42. The van der Waals surface area contributed by atoms with Crippen molar-refractivity contribution in [2.75, 3.05) is 0 Å². The lowest BCUT2D eigenvalue weighted by molar-refractivity contribution is -0.119. The number of nitriles is 1. The first-order valence-electron chi connectivity index (χ1n) is 8.49. The summed E-state index contributed by atoms with van der Waals surface area (Å²) in [4.78, 5) is 12.7. The van der Waals surface area contributed by atoms with Crippen LogP contribution < -0.4 is 5.32 Å².